The van der Waals surface area contributed by atoms with Crippen molar-refractivity contribution >= 4 is 28.2 Å². The molecule has 0 bridgehead atoms. The maximum absolute atomic E-state index is 13.0. The monoisotopic (exact) mass is 465 g/mol. The van der Waals surface area contributed by atoms with Crippen LogP contribution in [0.15, 0.2) is 73.2 Å². The lowest BCUT2D eigenvalue weighted by Gasteiger charge is -2.23. The molecular weight excluding hydrogens is 434 g/mol. The van der Waals surface area contributed by atoms with E-state index in [0.29, 0.717) is 23.3 Å². The molecular formula is C29H31N5O. The molecule has 3 heterocycles. The first-order valence-electron chi connectivity index (χ1n) is 12.3. The molecule has 1 aliphatic rings. The third-order valence-electron chi connectivity index (χ3n) is 6.45. The Balaban J connectivity index is 1.36. The zero-order chi connectivity index (χ0) is 24.2. The molecule has 6 nitrogen and oxygen atoms in total. The SMILES string of the molecule is CC(C)Nc1cncc(-c2ccc3cnc(NC(=O)c4cccc(C5CCNCC5)c4)cc3c2)c1. The van der Waals surface area contributed by atoms with E-state index in [-0.39, 0.29) is 5.91 Å². The Morgan fingerprint density at radius 3 is 2.63 bits per heavy atom. The van der Waals surface area contributed by atoms with Crippen LogP contribution in [0.3, 0.4) is 0 Å². The molecule has 2 aromatic heterocycles. The standard InChI is InChI=1S/C29H31N5O/c1-19(2)33-27-14-26(16-31-18-27)22-6-7-24-17-32-28(15-25(24)13-22)34-29(35)23-5-3-4-21(12-23)20-8-10-30-11-9-20/h3-7,12-20,30,33H,8-11H2,1-2H3,(H,32,34,35). The van der Waals surface area contributed by atoms with Crippen LogP contribution in [0.2, 0.25) is 0 Å². The van der Waals surface area contributed by atoms with E-state index in [4.69, 9.17) is 0 Å². The summed E-state index contributed by atoms with van der Waals surface area (Å²) in [5.41, 5.74) is 4.99. The number of rotatable bonds is 6. The fraction of sp³-hybridized carbons (Fsp3) is 0.276. The number of carbonyl (C=O) groups excluding carboxylic acids is 1. The van der Waals surface area contributed by atoms with E-state index in [1.54, 1.807) is 6.20 Å². The molecule has 0 atom stereocenters. The Morgan fingerprint density at radius 1 is 0.943 bits per heavy atom. The quantitative estimate of drug-likeness (QED) is 0.334. The van der Waals surface area contributed by atoms with Crippen molar-refractivity contribution in [3.05, 3.63) is 84.3 Å². The minimum atomic E-state index is -0.138. The Kier molecular flexibility index (Phi) is 6.73. The average Bonchev–Trinajstić information content (AvgIpc) is 2.88. The van der Waals surface area contributed by atoms with Crippen LogP contribution >= 0.6 is 0 Å². The van der Waals surface area contributed by atoms with E-state index in [1.165, 1.54) is 5.56 Å². The van der Waals surface area contributed by atoms with Crippen molar-refractivity contribution in [2.75, 3.05) is 23.7 Å². The van der Waals surface area contributed by atoms with Crippen LogP contribution in [0.1, 0.15) is 48.5 Å². The molecule has 5 rings (SSSR count). The molecule has 0 aliphatic carbocycles. The van der Waals surface area contributed by atoms with Gasteiger partial charge in [0, 0.05) is 41.1 Å². The normalized spacial score (nSPS) is 14.3. The number of piperidine rings is 1. The minimum absolute atomic E-state index is 0.138. The maximum atomic E-state index is 13.0. The van der Waals surface area contributed by atoms with Crippen LogP contribution in [0.4, 0.5) is 11.5 Å². The third kappa shape index (κ3) is 5.49. The van der Waals surface area contributed by atoms with Gasteiger partial charge in [0.25, 0.3) is 5.91 Å². The van der Waals surface area contributed by atoms with E-state index in [9.17, 15) is 4.79 Å². The predicted molar refractivity (Wildman–Crippen MR) is 143 cm³/mol. The molecule has 1 amide bonds. The van der Waals surface area contributed by atoms with Gasteiger partial charge in [0.05, 0.1) is 5.69 Å². The van der Waals surface area contributed by atoms with Crippen molar-refractivity contribution in [2.45, 2.75) is 38.6 Å². The van der Waals surface area contributed by atoms with Crippen molar-refractivity contribution in [3.8, 4) is 11.1 Å². The van der Waals surface area contributed by atoms with Gasteiger partial charge in [-0.2, -0.15) is 0 Å². The van der Waals surface area contributed by atoms with Crippen LogP contribution in [0.5, 0.6) is 0 Å². The van der Waals surface area contributed by atoms with Crippen molar-refractivity contribution in [3.63, 3.8) is 0 Å². The molecule has 1 saturated heterocycles. The summed E-state index contributed by atoms with van der Waals surface area (Å²) in [5, 5.41) is 11.8. The van der Waals surface area contributed by atoms with Gasteiger partial charge in [0.2, 0.25) is 0 Å². The van der Waals surface area contributed by atoms with E-state index in [0.717, 1.165) is 53.5 Å². The molecule has 4 aromatic rings. The van der Waals surface area contributed by atoms with Gasteiger partial charge >= 0.3 is 0 Å². The van der Waals surface area contributed by atoms with E-state index in [2.05, 4.69) is 64.0 Å². The van der Waals surface area contributed by atoms with Gasteiger partial charge in [-0.1, -0.05) is 24.3 Å². The van der Waals surface area contributed by atoms with E-state index < -0.39 is 0 Å². The number of amides is 1. The Bertz CT molecular complexity index is 1340. The maximum Gasteiger partial charge on any atom is 0.256 e. The second kappa shape index (κ2) is 10.2. The van der Waals surface area contributed by atoms with Gasteiger partial charge < -0.3 is 16.0 Å². The Labute approximate surface area is 206 Å². The summed E-state index contributed by atoms with van der Waals surface area (Å²) in [6.07, 6.45) is 7.71. The molecule has 3 N–H and O–H groups in total. The van der Waals surface area contributed by atoms with Gasteiger partial charge in [-0.05, 0) is 92.5 Å². The molecule has 6 heteroatoms. The molecule has 1 aliphatic heterocycles. The summed E-state index contributed by atoms with van der Waals surface area (Å²) in [4.78, 5) is 21.9. The largest absolute Gasteiger partial charge is 0.382 e. The number of pyridine rings is 2. The zero-order valence-electron chi connectivity index (χ0n) is 20.2. The second-order valence-corrected chi connectivity index (χ2v) is 9.50. The summed E-state index contributed by atoms with van der Waals surface area (Å²) < 4.78 is 0. The highest BCUT2D eigenvalue weighted by molar-refractivity contribution is 6.04. The number of aromatic nitrogens is 2. The lowest BCUT2D eigenvalue weighted by molar-refractivity contribution is 0.102. The van der Waals surface area contributed by atoms with Crippen molar-refractivity contribution in [1.82, 2.24) is 15.3 Å². The summed E-state index contributed by atoms with van der Waals surface area (Å²) in [7, 11) is 0. The van der Waals surface area contributed by atoms with Crippen LogP contribution in [-0.2, 0) is 0 Å². The van der Waals surface area contributed by atoms with Crippen molar-refractivity contribution < 1.29 is 4.79 Å². The third-order valence-corrected chi connectivity index (χ3v) is 6.45. The Hall–Kier alpha value is -3.77. The van der Waals surface area contributed by atoms with Crippen LogP contribution in [-0.4, -0.2) is 35.0 Å². The number of benzene rings is 2. The van der Waals surface area contributed by atoms with Gasteiger partial charge in [0.1, 0.15) is 5.82 Å². The molecule has 1 fully saturated rings. The predicted octanol–water partition coefficient (Wildman–Crippen LogP) is 5.84. The fourth-order valence-electron chi connectivity index (χ4n) is 4.68. The smallest absolute Gasteiger partial charge is 0.256 e. The number of nitrogens with one attached hydrogen (secondary N) is 3. The van der Waals surface area contributed by atoms with Gasteiger partial charge in [-0.3, -0.25) is 9.78 Å². The average molecular weight is 466 g/mol. The van der Waals surface area contributed by atoms with Crippen LogP contribution in [0, 0.1) is 0 Å². The highest BCUT2D eigenvalue weighted by Gasteiger charge is 2.17. The van der Waals surface area contributed by atoms with Crippen LogP contribution < -0.4 is 16.0 Å². The van der Waals surface area contributed by atoms with Crippen LogP contribution in [0.25, 0.3) is 21.9 Å². The molecule has 0 radical (unpaired) electrons. The van der Waals surface area contributed by atoms with E-state index >= 15 is 0 Å². The molecule has 0 spiro atoms. The number of carbonyl (C=O) groups is 1. The highest BCUT2D eigenvalue weighted by Crippen LogP contribution is 2.28. The molecule has 0 unspecified atom stereocenters. The van der Waals surface area contributed by atoms with Gasteiger partial charge in [-0.25, -0.2) is 4.98 Å². The summed E-state index contributed by atoms with van der Waals surface area (Å²) >= 11 is 0. The number of anilines is 2. The molecule has 0 saturated carbocycles. The zero-order valence-corrected chi connectivity index (χ0v) is 20.2. The minimum Gasteiger partial charge on any atom is -0.382 e. The molecule has 178 valence electrons. The summed E-state index contributed by atoms with van der Waals surface area (Å²) in [6.45, 7) is 6.27. The first-order valence-corrected chi connectivity index (χ1v) is 12.3. The van der Waals surface area contributed by atoms with Crippen molar-refractivity contribution in [2.24, 2.45) is 0 Å². The highest BCUT2D eigenvalue weighted by atomic mass is 16.1. The topological polar surface area (TPSA) is 78.9 Å². The summed E-state index contributed by atoms with van der Waals surface area (Å²) in [6, 6.07) is 18.6. The number of hydrogen-bond acceptors (Lipinski definition) is 5. The molecule has 2 aromatic carbocycles. The Morgan fingerprint density at radius 2 is 1.80 bits per heavy atom. The first-order chi connectivity index (χ1) is 17.0. The lowest BCUT2D eigenvalue weighted by atomic mass is 9.89. The molecule has 35 heavy (non-hydrogen) atoms. The van der Waals surface area contributed by atoms with Gasteiger partial charge in [0.15, 0.2) is 0 Å². The number of nitrogens with zero attached hydrogens (tertiary/aromatic N) is 2. The van der Waals surface area contributed by atoms with E-state index in [1.807, 2.05) is 42.7 Å². The fourth-order valence-corrected chi connectivity index (χ4v) is 4.68. The number of hydrogen-bond donors (Lipinski definition) is 3. The van der Waals surface area contributed by atoms with Crippen molar-refractivity contribution in [1.29, 1.82) is 0 Å². The number of fused-ring (bicyclic) bond motifs is 1. The van der Waals surface area contributed by atoms with Gasteiger partial charge in [-0.15, -0.1) is 0 Å². The summed E-state index contributed by atoms with van der Waals surface area (Å²) in [5.74, 6) is 0.908. The first kappa shape index (κ1) is 23.0. The lowest BCUT2D eigenvalue weighted by Crippen LogP contribution is -2.26. The second-order valence-electron chi connectivity index (χ2n) is 9.50.